The molecule has 1 aliphatic rings. The SMILES string of the molecule is CCC(=O)N1CCO[C@@H](c2c(C(N)=O)sc3ccccc23)C1. The molecule has 0 bridgehead atoms. The van der Waals surface area contributed by atoms with Gasteiger partial charge in [-0.05, 0) is 11.5 Å². The van der Waals surface area contributed by atoms with Crippen molar-refractivity contribution in [3.05, 3.63) is 34.7 Å². The number of carbonyl (C=O) groups is 2. The summed E-state index contributed by atoms with van der Waals surface area (Å²) >= 11 is 1.38. The van der Waals surface area contributed by atoms with E-state index in [-0.39, 0.29) is 12.0 Å². The maximum atomic E-state index is 11.9. The Labute approximate surface area is 132 Å². The molecule has 0 unspecified atom stereocenters. The summed E-state index contributed by atoms with van der Waals surface area (Å²) in [7, 11) is 0. The molecule has 3 rings (SSSR count). The van der Waals surface area contributed by atoms with Crippen molar-refractivity contribution < 1.29 is 14.3 Å². The van der Waals surface area contributed by atoms with Crippen LogP contribution in [0.5, 0.6) is 0 Å². The highest BCUT2D eigenvalue weighted by Crippen LogP contribution is 2.37. The number of ether oxygens (including phenoxy) is 1. The summed E-state index contributed by atoms with van der Waals surface area (Å²) in [5, 5.41) is 0.983. The molecule has 2 amide bonds. The van der Waals surface area contributed by atoms with Crippen LogP contribution in [0.25, 0.3) is 10.1 Å². The Morgan fingerprint density at radius 1 is 1.41 bits per heavy atom. The normalized spacial score (nSPS) is 18.6. The zero-order valence-corrected chi connectivity index (χ0v) is 13.2. The Kier molecular flexibility index (Phi) is 4.13. The van der Waals surface area contributed by atoms with Crippen LogP contribution in [0.15, 0.2) is 24.3 Å². The Hall–Kier alpha value is -1.92. The molecule has 1 aliphatic heterocycles. The van der Waals surface area contributed by atoms with Gasteiger partial charge in [-0.25, -0.2) is 0 Å². The van der Waals surface area contributed by atoms with Crippen molar-refractivity contribution in [2.75, 3.05) is 19.7 Å². The van der Waals surface area contributed by atoms with Gasteiger partial charge in [0.15, 0.2) is 0 Å². The van der Waals surface area contributed by atoms with E-state index in [2.05, 4.69) is 0 Å². The lowest BCUT2D eigenvalue weighted by atomic mass is 10.0. The first kappa shape index (κ1) is 15.0. The van der Waals surface area contributed by atoms with Crippen LogP contribution >= 0.6 is 11.3 Å². The third kappa shape index (κ3) is 2.60. The average molecular weight is 318 g/mol. The van der Waals surface area contributed by atoms with Gasteiger partial charge in [-0.2, -0.15) is 0 Å². The average Bonchev–Trinajstić information content (AvgIpc) is 2.94. The molecule has 0 spiro atoms. The number of morpholine rings is 1. The molecule has 1 aromatic carbocycles. The first-order chi connectivity index (χ1) is 10.6. The van der Waals surface area contributed by atoms with Crippen LogP contribution in [0, 0.1) is 0 Å². The summed E-state index contributed by atoms with van der Waals surface area (Å²) in [6.07, 6.45) is 0.169. The Balaban J connectivity index is 2.03. The topological polar surface area (TPSA) is 72.6 Å². The summed E-state index contributed by atoms with van der Waals surface area (Å²) in [6.45, 7) is 3.38. The number of nitrogens with zero attached hydrogens (tertiary/aromatic N) is 1. The van der Waals surface area contributed by atoms with Crippen LogP contribution in [0.4, 0.5) is 0 Å². The number of rotatable bonds is 3. The number of carbonyl (C=O) groups excluding carboxylic acids is 2. The van der Waals surface area contributed by atoms with Crippen LogP contribution in [0.3, 0.4) is 0 Å². The Morgan fingerprint density at radius 3 is 2.91 bits per heavy atom. The third-order valence-electron chi connectivity index (χ3n) is 3.90. The van der Waals surface area contributed by atoms with Crippen molar-refractivity contribution in [3.63, 3.8) is 0 Å². The molecule has 2 heterocycles. The standard InChI is InChI=1S/C16H18N2O3S/c1-2-13(19)18-7-8-21-11(9-18)14-10-5-3-4-6-12(10)22-15(14)16(17)20/h3-6,11H,2,7-9H2,1H3,(H2,17,20)/t11-/m1/s1. The number of thiophene rings is 1. The maximum absolute atomic E-state index is 11.9. The molecule has 0 aliphatic carbocycles. The molecule has 2 N–H and O–H groups in total. The summed E-state index contributed by atoms with van der Waals surface area (Å²) in [4.78, 5) is 26.1. The zero-order valence-electron chi connectivity index (χ0n) is 12.4. The highest BCUT2D eigenvalue weighted by molar-refractivity contribution is 7.21. The van der Waals surface area contributed by atoms with E-state index >= 15 is 0 Å². The van der Waals surface area contributed by atoms with Gasteiger partial charge in [0.1, 0.15) is 6.10 Å². The number of fused-ring (bicyclic) bond motifs is 1. The zero-order chi connectivity index (χ0) is 15.7. The van der Waals surface area contributed by atoms with Crippen LogP contribution in [-0.4, -0.2) is 36.4 Å². The number of benzene rings is 1. The van der Waals surface area contributed by atoms with Gasteiger partial charge in [-0.3, -0.25) is 9.59 Å². The molecule has 0 radical (unpaired) electrons. The predicted octanol–water partition coefficient (Wildman–Crippen LogP) is 2.31. The first-order valence-corrected chi connectivity index (χ1v) is 8.14. The van der Waals surface area contributed by atoms with E-state index in [4.69, 9.17) is 10.5 Å². The van der Waals surface area contributed by atoms with Crippen LogP contribution < -0.4 is 5.73 Å². The van der Waals surface area contributed by atoms with Crippen LogP contribution in [-0.2, 0) is 9.53 Å². The van der Waals surface area contributed by atoms with Crippen molar-refractivity contribution in [1.29, 1.82) is 0 Å². The van der Waals surface area contributed by atoms with Crippen molar-refractivity contribution in [2.24, 2.45) is 5.73 Å². The molecule has 2 aromatic rings. The first-order valence-electron chi connectivity index (χ1n) is 7.32. The number of hydrogen-bond donors (Lipinski definition) is 1. The lowest BCUT2D eigenvalue weighted by Crippen LogP contribution is -2.42. The minimum atomic E-state index is -0.446. The molecule has 6 heteroatoms. The van der Waals surface area contributed by atoms with E-state index in [0.717, 1.165) is 15.6 Å². The fourth-order valence-corrected chi connectivity index (χ4v) is 3.95. The Bertz CT molecular complexity index is 725. The van der Waals surface area contributed by atoms with Crippen molar-refractivity contribution in [2.45, 2.75) is 19.4 Å². The summed E-state index contributed by atoms with van der Waals surface area (Å²) < 4.78 is 6.86. The predicted molar refractivity (Wildman–Crippen MR) is 85.9 cm³/mol. The fourth-order valence-electron chi connectivity index (χ4n) is 2.84. The van der Waals surface area contributed by atoms with E-state index in [1.54, 1.807) is 4.90 Å². The van der Waals surface area contributed by atoms with Gasteiger partial charge in [0.05, 0.1) is 18.0 Å². The minimum absolute atomic E-state index is 0.105. The number of hydrogen-bond acceptors (Lipinski definition) is 4. The smallest absolute Gasteiger partial charge is 0.259 e. The van der Waals surface area contributed by atoms with Gasteiger partial charge in [0.2, 0.25) is 5.91 Å². The van der Waals surface area contributed by atoms with Gasteiger partial charge < -0.3 is 15.4 Å². The fraction of sp³-hybridized carbons (Fsp3) is 0.375. The molecule has 1 atom stereocenters. The molecule has 116 valence electrons. The largest absolute Gasteiger partial charge is 0.370 e. The second-order valence-electron chi connectivity index (χ2n) is 5.26. The van der Waals surface area contributed by atoms with Crippen LogP contribution in [0.2, 0.25) is 0 Å². The number of primary amides is 1. The van der Waals surface area contributed by atoms with E-state index in [0.29, 0.717) is 31.0 Å². The number of amides is 2. The monoisotopic (exact) mass is 318 g/mol. The van der Waals surface area contributed by atoms with Gasteiger partial charge in [0, 0.05) is 23.2 Å². The van der Waals surface area contributed by atoms with Gasteiger partial charge in [0.25, 0.3) is 5.91 Å². The number of nitrogens with two attached hydrogens (primary N) is 1. The van der Waals surface area contributed by atoms with Crippen molar-refractivity contribution >= 4 is 33.2 Å². The molecule has 1 saturated heterocycles. The molecule has 0 saturated carbocycles. The highest BCUT2D eigenvalue weighted by Gasteiger charge is 2.30. The Morgan fingerprint density at radius 2 is 2.18 bits per heavy atom. The molecular weight excluding hydrogens is 300 g/mol. The highest BCUT2D eigenvalue weighted by atomic mass is 32.1. The molecule has 1 fully saturated rings. The van der Waals surface area contributed by atoms with Crippen molar-refractivity contribution in [1.82, 2.24) is 4.90 Å². The van der Waals surface area contributed by atoms with E-state index < -0.39 is 5.91 Å². The maximum Gasteiger partial charge on any atom is 0.259 e. The third-order valence-corrected chi connectivity index (χ3v) is 5.10. The molecule has 5 nitrogen and oxygen atoms in total. The van der Waals surface area contributed by atoms with E-state index in [9.17, 15) is 9.59 Å². The van der Waals surface area contributed by atoms with E-state index in [1.165, 1.54) is 11.3 Å². The summed E-state index contributed by atoms with van der Waals surface area (Å²) in [6, 6.07) is 7.80. The minimum Gasteiger partial charge on any atom is -0.370 e. The van der Waals surface area contributed by atoms with E-state index in [1.807, 2.05) is 31.2 Å². The van der Waals surface area contributed by atoms with Gasteiger partial charge >= 0.3 is 0 Å². The summed E-state index contributed by atoms with van der Waals surface area (Å²) in [5.74, 6) is -0.341. The lowest BCUT2D eigenvalue weighted by molar-refractivity contribution is -0.138. The second-order valence-corrected chi connectivity index (χ2v) is 6.31. The van der Waals surface area contributed by atoms with Crippen LogP contribution in [0.1, 0.15) is 34.7 Å². The van der Waals surface area contributed by atoms with Gasteiger partial charge in [-0.1, -0.05) is 25.1 Å². The molecule has 1 aromatic heterocycles. The quantitative estimate of drug-likeness (QED) is 0.944. The molecular formula is C16H18N2O3S. The second kappa shape index (κ2) is 6.06. The van der Waals surface area contributed by atoms with Crippen molar-refractivity contribution in [3.8, 4) is 0 Å². The summed E-state index contributed by atoms with van der Waals surface area (Å²) in [5.41, 5.74) is 6.36. The van der Waals surface area contributed by atoms with Gasteiger partial charge in [-0.15, -0.1) is 11.3 Å². The lowest BCUT2D eigenvalue weighted by Gasteiger charge is -2.33. The molecule has 22 heavy (non-hydrogen) atoms.